The monoisotopic (exact) mass is 523 g/mol. The lowest BCUT2D eigenvalue weighted by Gasteiger charge is -2.38. The van der Waals surface area contributed by atoms with E-state index in [0.29, 0.717) is 55.5 Å². The third-order valence-corrected chi connectivity index (χ3v) is 8.34. The number of alkyl halides is 3. The molecule has 2 saturated heterocycles. The molecule has 0 spiro atoms. The van der Waals surface area contributed by atoms with Crippen molar-refractivity contribution in [3.05, 3.63) is 46.9 Å². The summed E-state index contributed by atoms with van der Waals surface area (Å²) in [6.45, 7) is 4.35. The fourth-order valence-corrected chi connectivity index (χ4v) is 6.23. The predicted molar refractivity (Wildman–Crippen MR) is 128 cm³/mol. The molecule has 3 aliphatic heterocycles. The number of piperidine rings is 1. The Morgan fingerprint density at radius 3 is 2.57 bits per heavy atom. The van der Waals surface area contributed by atoms with Crippen molar-refractivity contribution in [2.24, 2.45) is 5.92 Å². The zero-order valence-electron chi connectivity index (χ0n) is 20.7. The number of carbonyl (C=O) groups excluding carboxylic acids is 2. The molecule has 1 aliphatic carbocycles. The zero-order valence-corrected chi connectivity index (χ0v) is 20.7. The smallest absolute Gasteiger partial charge is 0.376 e. The number of rotatable bonds is 5. The summed E-state index contributed by atoms with van der Waals surface area (Å²) in [7, 11) is 0. The number of allylic oxidation sites excluding steroid dienone is 1. The maximum Gasteiger partial charge on any atom is 0.391 e. The number of nitrogens with one attached hydrogen (secondary N) is 2. The van der Waals surface area contributed by atoms with Crippen molar-refractivity contribution < 1.29 is 31.9 Å². The summed E-state index contributed by atoms with van der Waals surface area (Å²) in [4.78, 5) is 26.8. The minimum Gasteiger partial charge on any atom is -0.376 e. The molecule has 0 radical (unpaired) electrons. The molecule has 6 nitrogen and oxygen atoms in total. The third kappa shape index (κ3) is 5.41. The Balaban J connectivity index is 1.25. The summed E-state index contributed by atoms with van der Waals surface area (Å²) in [5.74, 6) is -2.33. The first-order valence-electron chi connectivity index (χ1n) is 13.2. The Bertz CT molecular complexity index is 1070. The lowest BCUT2D eigenvalue weighted by atomic mass is 9.84. The van der Waals surface area contributed by atoms with Gasteiger partial charge in [0, 0.05) is 41.9 Å². The standard InChI is InChI=1S/C27H33F4N3O3/c1-15-4-11-22(25(35)32-15)34-14-20-19(26(34)36)10-5-16(24(20)28)13-23-21(3-2-12-37-23)33-18-8-6-17(7-9-18)27(29,30)31/h5,10,17-18,21-23,33H,1-4,6-9,11-14H2,(H,32,35)/t17-,18-,21-,22?,23+/m0/s1. The van der Waals surface area contributed by atoms with Crippen LogP contribution in [0, 0.1) is 11.7 Å². The summed E-state index contributed by atoms with van der Waals surface area (Å²) in [6.07, 6.45) is -0.337. The van der Waals surface area contributed by atoms with Gasteiger partial charge in [0.1, 0.15) is 11.9 Å². The zero-order chi connectivity index (χ0) is 26.3. The lowest BCUT2D eigenvalue weighted by molar-refractivity contribution is -0.183. The quantitative estimate of drug-likeness (QED) is 0.563. The van der Waals surface area contributed by atoms with Crippen LogP contribution in [0.5, 0.6) is 0 Å². The van der Waals surface area contributed by atoms with Crippen LogP contribution in [0.15, 0.2) is 24.4 Å². The molecule has 1 aromatic carbocycles. The van der Waals surface area contributed by atoms with Crippen molar-refractivity contribution in [3.63, 3.8) is 0 Å². The van der Waals surface area contributed by atoms with Crippen LogP contribution in [-0.4, -0.2) is 53.7 Å². The van der Waals surface area contributed by atoms with Crippen LogP contribution in [0.4, 0.5) is 17.6 Å². The van der Waals surface area contributed by atoms with Crippen LogP contribution in [0.1, 0.15) is 72.9 Å². The van der Waals surface area contributed by atoms with Crippen molar-refractivity contribution >= 4 is 11.8 Å². The second-order valence-electron chi connectivity index (χ2n) is 10.8. The summed E-state index contributed by atoms with van der Waals surface area (Å²) in [6, 6.07) is 2.49. The summed E-state index contributed by atoms with van der Waals surface area (Å²) < 4.78 is 60.8. The number of fused-ring (bicyclic) bond motifs is 1. The Morgan fingerprint density at radius 2 is 1.86 bits per heavy atom. The highest BCUT2D eigenvalue weighted by molar-refractivity contribution is 6.01. The minimum absolute atomic E-state index is 0.0124. The minimum atomic E-state index is -4.14. The number of hydrogen-bond donors (Lipinski definition) is 2. The van der Waals surface area contributed by atoms with Crippen LogP contribution in [0.25, 0.3) is 0 Å². The Hall–Kier alpha value is -2.46. The van der Waals surface area contributed by atoms with E-state index < -0.39 is 24.0 Å². The molecular formula is C27H33F4N3O3. The Labute approximate surface area is 213 Å². The molecule has 10 heteroatoms. The van der Waals surface area contributed by atoms with E-state index in [1.54, 1.807) is 12.1 Å². The average Bonchev–Trinajstić information content (AvgIpc) is 3.18. The van der Waals surface area contributed by atoms with Gasteiger partial charge >= 0.3 is 6.18 Å². The molecule has 0 aromatic heterocycles. The maximum absolute atomic E-state index is 15.7. The van der Waals surface area contributed by atoms with Gasteiger partial charge in [-0.3, -0.25) is 9.59 Å². The van der Waals surface area contributed by atoms with Gasteiger partial charge in [0.05, 0.1) is 18.6 Å². The number of ether oxygens (including phenoxy) is 1. The second-order valence-corrected chi connectivity index (χ2v) is 10.8. The second kappa shape index (κ2) is 10.4. The van der Waals surface area contributed by atoms with Gasteiger partial charge in [0.2, 0.25) is 5.91 Å². The van der Waals surface area contributed by atoms with E-state index >= 15 is 4.39 Å². The molecular weight excluding hydrogens is 490 g/mol. The molecule has 3 fully saturated rings. The molecule has 3 atom stereocenters. The SMILES string of the molecule is C=C1CCC(N2Cc3c(ccc(C[C@H]4OCCC[C@@H]4N[C@H]4CC[C@H](C(F)(F)F)CC4)c3F)C2=O)C(=O)N1. The summed E-state index contributed by atoms with van der Waals surface area (Å²) >= 11 is 0. The van der Waals surface area contributed by atoms with Crippen molar-refractivity contribution in [1.82, 2.24) is 15.5 Å². The normalized spacial score (nSPS) is 30.9. The topological polar surface area (TPSA) is 70.7 Å². The van der Waals surface area contributed by atoms with Gasteiger partial charge in [0.15, 0.2) is 0 Å². The van der Waals surface area contributed by atoms with E-state index in [1.165, 1.54) is 4.90 Å². The van der Waals surface area contributed by atoms with Crippen molar-refractivity contribution in [2.45, 2.75) is 94.7 Å². The van der Waals surface area contributed by atoms with Gasteiger partial charge in [-0.05, 0) is 63.0 Å². The first-order valence-corrected chi connectivity index (χ1v) is 13.2. The molecule has 3 heterocycles. The molecule has 0 bridgehead atoms. The summed E-state index contributed by atoms with van der Waals surface area (Å²) in [5.41, 5.74) is 1.63. The lowest BCUT2D eigenvalue weighted by Crippen LogP contribution is -2.51. The van der Waals surface area contributed by atoms with Crippen molar-refractivity contribution in [3.8, 4) is 0 Å². The van der Waals surface area contributed by atoms with Crippen molar-refractivity contribution in [2.75, 3.05) is 6.61 Å². The van der Waals surface area contributed by atoms with E-state index in [-0.39, 0.29) is 55.0 Å². The largest absolute Gasteiger partial charge is 0.391 e. The van der Waals surface area contributed by atoms with Gasteiger partial charge in [-0.2, -0.15) is 13.2 Å². The number of hydrogen-bond acceptors (Lipinski definition) is 4. The highest BCUT2D eigenvalue weighted by Gasteiger charge is 2.43. The number of nitrogens with zero attached hydrogens (tertiary/aromatic N) is 1. The van der Waals surface area contributed by atoms with Gasteiger partial charge in [0.25, 0.3) is 5.91 Å². The van der Waals surface area contributed by atoms with E-state index in [1.807, 2.05) is 0 Å². The maximum atomic E-state index is 15.7. The van der Waals surface area contributed by atoms with E-state index in [4.69, 9.17) is 4.74 Å². The fourth-order valence-electron chi connectivity index (χ4n) is 6.23. The highest BCUT2D eigenvalue weighted by atomic mass is 19.4. The number of halogens is 4. The Morgan fingerprint density at radius 1 is 1.11 bits per heavy atom. The molecule has 1 saturated carbocycles. The Kier molecular flexibility index (Phi) is 7.33. The van der Waals surface area contributed by atoms with E-state index in [2.05, 4.69) is 17.2 Å². The van der Waals surface area contributed by atoms with Crippen LogP contribution in [0.2, 0.25) is 0 Å². The molecule has 2 N–H and O–H groups in total. The van der Waals surface area contributed by atoms with E-state index in [9.17, 15) is 22.8 Å². The van der Waals surface area contributed by atoms with Crippen molar-refractivity contribution in [1.29, 1.82) is 0 Å². The predicted octanol–water partition coefficient (Wildman–Crippen LogP) is 4.37. The van der Waals surface area contributed by atoms with Crippen LogP contribution >= 0.6 is 0 Å². The van der Waals surface area contributed by atoms with Crippen LogP contribution < -0.4 is 10.6 Å². The van der Waals surface area contributed by atoms with Crippen LogP contribution in [0.3, 0.4) is 0 Å². The molecule has 1 unspecified atom stereocenters. The molecule has 1 aromatic rings. The van der Waals surface area contributed by atoms with Gasteiger partial charge < -0.3 is 20.3 Å². The number of benzene rings is 1. The van der Waals surface area contributed by atoms with Gasteiger partial charge in [-0.25, -0.2) is 4.39 Å². The number of amides is 2. The first-order chi connectivity index (χ1) is 17.6. The highest BCUT2D eigenvalue weighted by Crippen LogP contribution is 2.38. The summed E-state index contributed by atoms with van der Waals surface area (Å²) in [5, 5.41) is 6.19. The fraction of sp³-hybridized carbons (Fsp3) is 0.630. The average molecular weight is 524 g/mol. The van der Waals surface area contributed by atoms with Gasteiger partial charge in [-0.15, -0.1) is 0 Å². The molecule has 5 rings (SSSR count). The molecule has 2 amide bonds. The molecule has 37 heavy (non-hydrogen) atoms. The molecule has 4 aliphatic rings. The van der Waals surface area contributed by atoms with E-state index in [0.717, 1.165) is 12.8 Å². The molecule has 202 valence electrons. The third-order valence-electron chi connectivity index (χ3n) is 8.34. The number of carbonyl (C=O) groups is 2. The first kappa shape index (κ1) is 26.2. The van der Waals surface area contributed by atoms with Crippen LogP contribution in [-0.2, 0) is 22.5 Å². The van der Waals surface area contributed by atoms with Gasteiger partial charge in [-0.1, -0.05) is 12.6 Å².